The third-order valence-corrected chi connectivity index (χ3v) is 4.27. The van der Waals surface area contributed by atoms with Crippen molar-refractivity contribution >= 4 is 0 Å². The summed E-state index contributed by atoms with van der Waals surface area (Å²) in [4.78, 5) is 0. The predicted molar refractivity (Wildman–Crippen MR) is 70.6 cm³/mol. The summed E-state index contributed by atoms with van der Waals surface area (Å²) in [7, 11) is 0. The van der Waals surface area contributed by atoms with E-state index in [1.54, 1.807) is 5.57 Å². The van der Waals surface area contributed by atoms with E-state index in [0.29, 0.717) is 0 Å². The SMILES string of the molecule is CCNC(C1=CCCCCCC1)C1CCC1. The molecule has 0 heterocycles. The van der Waals surface area contributed by atoms with E-state index in [9.17, 15) is 0 Å². The van der Waals surface area contributed by atoms with Gasteiger partial charge in [-0.3, -0.25) is 0 Å². The van der Waals surface area contributed by atoms with Crippen molar-refractivity contribution in [3.05, 3.63) is 11.6 Å². The maximum atomic E-state index is 3.73. The van der Waals surface area contributed by atoms with Gasteiger partial charge in [0.05, 0.1) is 0 Å². The Morgan fingerprint density at radius 1 is 1.19 bits per heavy atom. The molecule has 0 aliphatic heterocycles. The summed E-state index contributed by atoms with van der Waals surface area (Å²) >= 11 is 0. The summed E-state index contributed by atoms with van der Waals surface area (Å²) in [6.07, 6.45) is 15.3. The summed E-state index contributed by atoms with van der Waals surface area (Å²) in [6.45, 7) is 3.37. The van der Waals surface area contributed by atoms with Gasteiger partial charge in [0.15, 0.2) is 0 Å². The van der Waals surface area contributed by atoms with Gasteiger partial charge in [0.1, 0.15) is 0 Å². The van der Waals surface area contributed by atoms with E-state index in [0.717, 1.165) is 18.5 Å². The average Bonchev–Trinajstić information content (AvgIpc) is 2.14. The lowest BCUT2D eigenvalue weighted by Crippen LogP contribution is -2.41. The molecular weight excluding hydrogens is 194 g/mol. The molecule has 1 saturated carbocycles. The molecule has 1 heteroatoms. The second kappa shape index (κ2) is 6.44. The van der Waals surface area contributed by atoms with Crippen LogP contribution in [0.3, 0.4) is 0 Å². The molecule has 0 aromatic heterocycles. The highest BCUT2D eigenvalue weighted by Gasteiger charge is 2.28. The van der Waals surface area contributed by atoms with E-state index in [1.807, 2.05) is 0 Å². The van der Waals surface area contributed by atoms with Gasteiger partial charge in [-0.1, -0.05) is 37.8 Å². The summed E-state index contributed by atoms with van der Waals surface area (Å²) in [5.74, 6) is 0.950. The van der Waals surface area contributed by atoms with Crippen molar-refractivity contribution in [3.8, 4) is 0 Å². The molecule has 0 radical (unpaired) electrons. The third-order valence-electron chi connectivity index (χ3n) is 4.27. The van der Waals surface area contributed by atoms with Crippen molar-refractivity contribution in [2.24, 2.45) is 5.92 Å². The lowest BCUT2D eigenvalue weighted by molar-refractivity contribution is 0.249. The Bertz CT molecular complexity index is 228. The van der Waals surface area contributed by atoms with Crippen molar-refractivity contribution in [1.29, 1.82) is 0 Å². The topological polar surface area (TPSA) is 12.0 Å². The minimum atomic E-state index is 0.719. The molecule has 16 heavy (non-hydrogen) atoms. The quantitative estimate of drug-likeness (QED) is 0.706. The molecule has 0 amide bonds. The van der Waals surface area contributed by atoms with Crippen LogP contribution in [0.25, 0.3) is 0 Å². The molecule has 0 saturated heterocycles. The molecule has 0 spiro atoms. The van der Waals surface area contributed by atoms with Gasteiger partial charge in [-0.2, -0.15) is 0 Å². The van der Waals surface area contributed by atoms with Crippen LogP contribution < -0.4 is 5.32 Å². The zero-order valence-electron chi connectivity index (χ0n) is 10.8. The van der Waals surface area contributed by atoms with Crippen molar-refractivity contribution in [1.82, 2.24) is 5.32 Å². The van der Waals surface area contributed by atoms with Gasteiger partial charge in [0.2, 0.25) is 0 Å². The Hall–Kier alpha value is -0.300. The molecule has 0 aromatic carbocycles. The molecule has 2 aliphatic rings. The van der Waals surface area contributed by atoms with E-state index in [-0.39, 0.29) is 0 Å². The number of allylic oxidation sites excluding steroid dienone is 1. The van der Waals surface area contributed by atoms with Gasteiger partial charge in [-0.05, 0) is 51.0 Å². The summed E-state index contributed by atoms with van der Waals surface area (Å²) in [5, 5.41) is 3.73. The van der Waals surface area contributed by atoms with Gasteiger partial charge in [0.25, 0.3) is 0 Å². The standard InChI is InChI=1S/C15H27N/c1-2-16-15(14-11-8-12-14)13-9-6-4-3-5-7-10-13/h9,14-16H,2-8,10-12H2,1H3. The van der Waals surface area contributed by atoms with Crippen molar-refractivity contribution in [2.75, 3.05) is 6.54 Å². The molecule has 1 nitrogen and oxygen atoms in total. The highest BCUT2D eigenvalue weighted by Crippen LogP contribution is 2.34. The van der Waals surface area contributed by atoms with Crippen LogP contribution in [0.5, 0.6) is 0 Å². The fraction of sp³-hybridized carbons (Fsp3) is 0.867. The number of hydrogen-bond acceptors (Lipinski definition) is 1. The first-order valence-electron chi connectivity index (χ1n) is 7.34. The fourth-order valence-electron chi connectivity index (χ4n) is 3.09. The Morgan fingerprint density at radius 3 is 2.69 bits per heavy atom. The molecule has 1 unspecified atom stereocenters. The molecule has 92 valence electrons. The number of nitrogens with one attached hydrogen (secondary N) is 1. The third kappa shape index (κ3) is 3.10. The van der Waals surface area contributed by atoms with E-state index in [2.05, 4.69) is 18.3 Å². The first kappa shape index (κ1) is 12.2. The summed E-state index contributed by atoms with van der Waals surface area (Å²) < 4.78 is 0. The largest absolute Gasteiger partial charge is 0.310 e. The molecule has 1 N–H and O–H groups in total. The van der Waals surface area contributed by atoms with Crippen LogP contribution >= 0.6 is 0 Å². The predicted octanol–water partition coefficient (Wildman–Crippen LogP) is 4.05. The van der Waals surface area contributed by atoms with Crippen LogP contribution in [0.15, 0.2) is 11.6 Å². The molecule has 1 fully saturated rings. The van der Waals surface area contributed by atoms with E-state index in [4.69, 9.17) is 0 Å². The minimum absolute atomic E-state index is 0.719. The lowest BCUT2D eigenvalue weighted by atomic mass is 9.75. The monoisotopic (exact) mass is 221 g/mol. The van der Waals surface area contributed by atoms with E-state index in [1.165, 1.54) is 57.8 Å². The van der Waals surface area contributed by atoms with Gasteiger partial charge < -0.3 is 5.32 Å². The van der Waals surface area contributed by atoms with E-state index < -0.39 is 0 Å². The number of hydrogen-bond donors (Lipinski definition) is 1. The number of likely N-dealkylation sites (N-methyl/N-ethyl adjacent to an activating group) is 1. The average molecular weight is 221 g/mol. The normalized spacial score (nSPS) is 25.2. The molecule has 2 aliphatic carbocycles. The second-order valence-corrected chi connectivity index (χ2v) is 5.46. The van der Waals surface area contributed by atoms with Gasteiger partial charge in [-0.15, -0.1) is 0 Å². The molecular formula is C15H27N. The van der Waals surface area contributed by atoms with Gasteiger partial charge in [-0.25, -0.2) is 0 Å². The highest BCUT2D eigenvalue weighted by atomic mass is 14.9. The van der Waals surface area contributed by atoms with Crippen molar-refractivity contribution in [2.45, 2.75) is 70.8 Å². The van der Waals surface area contributed by atoms with Gasteiger partial charge >= 0.3 is 0 Å². The molecule has 2 rings (SSSR count). The molecule has 0 bridgehead atoms. The Labute approximate surface area is 101 Å². The second-order valence-electron chi connectivity index (χ2n) is 5.46. The summed E-state index contributed by atoms with van der Waals surface area (Å²) in [6, 6.07) is 0.719. The van der Waals surface area contributed by atoms with Crippen LogP contribution in [-0.2, 0) is 0 Å². The van der Waals surface area contributed by atoms with Crippen LogP contribution in [0.1, 0.15) is 64.7 Å². The van der Waals surface area contributed by atoms with Crippen LogP contribution in [0.4, 0.5) is 0 Å². The zero-order chi connectivity index (χ0) is 11.2. The fourth-order valence-corrected chi connectivity index (χ4v) is 3.09. The molecule has 0 aromatic rings. The highest BCUT2D eigenvalue weighted by molar-refractivity contribution is 5.14. The summed E-state index contributed by atoms with van der Waals surface area (Å²) in [5.41, 5.74) is 1.74. The number of rotatable bonds is 4. The van der Waals surface area contributed by atoms with E-state index >= 15 is 0 Å². The van der Waals surface area contributed by atoms with Crippen LogP contribution in [0.2, 0.25) is 0 Å². The first-order valence-corrected chi connectivity index (χ1v) is 7.34. The Balaban J connectivity index is 1.97. The molecule has 1 atom stereocenters. The zero-order valence-corrected chi connectivity index (χ0v) is 10.8. The Morgan fingerprint density at radius 2 is 2.00 bits per heavy atom. The first-order chi connectivity index (χ1) is 7.92. The van der Waals surface area contributed by atoms with Crippen molar-refractivity contribution in [3.63, 3.8) is 0 Å². The van der Waals surface area contributed by atoms with Gasteiger partial charge in [0, 0.05) is 6.04 Å². The van der Waals surface area contributed by atoms with Crippen molar-refractivity contribution < 1.29 is 0 Å². The maximum Gasteiger partial charge on any atom is 0.0307 e. The Kier molecular flexibility index (Phi) is 4.90. The van der Waals surface area contributed by atoms with Crippen LogP contribution in [-0.4, -0.2) is 12.6 Å². The van der Waals surface area contributed by atoms with Crippen LogP contribution in [0, 0.1) is 5.92 Å². The maximum absolute atomic E-state index is 3.73. The lowest BCUT2D eigenvalue weighted by Gasteiger charge is -2.36. The minimum Gasteiger partial charge on any atom is -0.310 e. The smallest absolute Gasteiger partial charge is 0.0307 e.